The van der Waals surface area contributed by atoms with E-state index >= 15 is 0 Å². The molecule has 12 aromatic rings. The van der Waals surface area contributed by atoms with Crippen molar-refractivity contribution in [1.82, 2.24) is 85.2 Å². The lowest BCUT2D eigenvalue weighted by molar-refractivity contribution is -0.138. The Morgan fingerprint density at radius 1 is 0.402 bits per heavy atom. The molecule has 4 aliphatic heterocycles. The third-order valence-electron chi connectivity index (χ3n) is 24.0. The first-order valence-corrected chi connectivity index (χ1v) is 43.3. The standard InChI is InChI=1S/C49H55N9O5.C45H48N8O4.C4H9NO2/c1-30(2)43(55-49(62)63-5)47(60)57-23-9-13-40(57)46-51-28-39(53-46)37-22-21-35-25-34(19-20-36(35)26-37)31-15-17-32(18-16-31)38-27-50-45(52-38)41-14-10-24-58(41)48(61)44(33-11-7-6-8-12-33)54-42(59)29-56(3)4;1-27(2)40(51-45(56)57-3)44(55)53-22-8-12-38(53)42-48-26-36(50-42)34-20-19-32-23-31(17-18-33(32)24-34)28-13-15-29(16-14-28)35-25-47-41(49-35)37-11-7-21-52(37)43(54)39(46)30-9-5-4-6-10-30;1-5(2)3-4(6)7/h6-8,11-12,15-22,25-28,30,40-41,43-44H,9-10,13-14,23-24,29H2,1-5H3,(H,50,52)(H,51,53)(H,54,59)(H,55,62);4-6,9-10,13-20,23-27,37-40H,7-8,11-12,21-22,46H2,1-3H3,(H,47,49)(H,48,50)(H,51,56);3H2,1-2H3,(H,6,7)/t40-,41-,43-,44+;37-,38-,39+,40-;/m00./s1. The second-order valence-corrected chi connectivity index (χ2v) is 34.1. The molecule has 4 saturated heterocycles. The molecule has 0 spiro atoms. The highest BCUT2D eigenvalue weighted by Crippen LogP contribution is 2.41. The summed E-state index contributed by atoms with van der Waals surface area (Å²) in [7, 11) is 9.67. The largest absolute Gasteiger partial charge is 0.480 e. The highest BCUT2D eigenvalue weighted by molar-refractivity contribution is 5.94. The first kappa shape index (κ1) is 89.6. The van der Waals surface area contributed by atoms with Gasteiger partial charge in [0.15, 0.2) is 0 Å². The van der Waals surface area contributed by atoms with Crippen LogP contribution in [-0.4, -0.2) is 216 Å². The fourth-order valence-electron chi connectivity index (χ4n) is 17.3. The van der Waals surface area contributed by atoms with Gasteiger partial charge in [-0.1, -0.05) is 185 Å². The number of H-pyrrole nitrogens is 4. The third kappa shape index (κ3) is 21.2. The molecule has 0 saturated carbocycles. The van der Waals surface area contributed by atoms with E-state index < -0.39 is 42.3 Å². The summed E-state index contributed by atoms with van der Waals surface area (Å²) in [6.07, 6.45) is 12.7. The number of carbonyl (C=O) groups excluding carboxylic acids is 7. The van der Waals surface area contributed by atoms with Gasteiger partial charge in [0.25, 0.3) is 0 Å². The number of aromatic nitrogens is 8. The van der Waals surface area contributed by atoms with E-state index in [9.17, 15) is 38.4 Å². The average Bonchev–Trinajstić information content (AvgIpc) is 1.74. The predicted molar refractivity (Wildman–Crippen MR) is 488 cm³/mol. The molecule has 0 aliphatic carbocycles. The van der Waals surface area contributed by atoms with Crippen molar-refractivity contribution in [3.8, 4) is 67.3 Å². The summed E-state index contributed by atoms with van der Waals surface area (Å²) in [5.74, 6) is 1.27. The Labute approximate surface area is 738 Å². The number of alkyl carbamates (subject to hydrolysis) is 2. The molecule has 16 rings (SSSR count). The van der Waals surface area contributed by atoms with Crippen molar-refractivity contribution < 1.29 is 52.9 Å². The van der Waals surface area contributed by atoms with E-state index in [1.807, 2.05) is 147 Å². The first-order chi connectivity index (χ1) is 61.3. The minimum atomic E-state index is -0.792. The number of likely N-dealkylation sites (tertiary alicyclic amines) is 4. The number of nitrogens with zero attached hydrogens (tertiary/aromatic N) is 10. The highest BCUT2D eigenvalue weighted by Gasteiger charge is 2.42. The van der Waals surface area contributed by atoms with Crippen molar-refractivity contribution in [2.24, 2.45) is 17.6 Å². The summed E-state index contributed by atoms with van der Waals surface area (Å²) in [4.78, 5) is 145. The van der Waals surface area contributed by atoms with Gasteiger partial charge in [-0.05, 0) is 182 Å². The van der Waals surface area contributed by atoms with Crippen LogP contribution in [-0.2, 0) is 38.2 Å². The molecule has 8 aromatic carbocycles. The smallest absolute Gasteiger partial charge is 0.407 e. The molecule has 8 heterocycles. The summed E-state index contributed by atoms with van der Waals surface area (Å²) < 4.78 is 9.54. The number of aliphatic carboxylic acids is 1. The Bertz CT molecular complexity index is 5870. The van der Waals surface area contributed by atoms with E-state index in [4.69, 9.17) is 40.2 Å². The van der Waals surface area contributed by atoms with Gasteiger partial charge < -0.3 is 80.7 Å². The van der Waals surface area contributed by atoms with Gasteiger partial charge in [0.1, 0.15) is 47.5 Å². The van der Waals surface area contributed by atoms with E-state index in [2.05, 4.69) is 157 Å². The van der Waals surface area contributed by atoms with Crippen molar-refractivity contribution in [1.29, 1.82) is 0 Å². The van der Waals surface area contributed by atoms with Gasteiger partial charge >= 0.3 is 18.2 Å². The third-order valence-corrected chi connectivity index (χ3v) is 24.0. The van der Waals surface area contributed by atoms with Gasteiger partial charge in [0.2, 0.25) is 29.5 Å². The molecule has 4 aliphatic rings. The lowest BCUT2D eigenvalue weighted by Gasteiger charge is -2.30. The molecule has 10 N–H and O–H groups in total. The number of ether oxygens (including phenoxy) is 2. The maximum Gasteiger partial charge on any atom is 0.407 e. The van der Waals surface area contributed by atoms with Gasteiger partial charge in [-0.25, -0.2) is 29.5 Å². The zero-order chi connectivity index (χ0) is 89.7. The maximum absolute atomic E-state index is 14.1. The second-order valence-electron chi connectivity index (χ2n) is 34.1. The van der Waals surface area contributed by atoms with E-state index in [1.54, 1.807) is 23.9 Å². The van der Waals surface area contributed by atoms with Crippen LogP contribution in [0, 0.1) is 11.8 Å². The van der Waals surface area contributed by atoms with Gasteiger partial charge in [-0.15, -0.1) is 0 Å². The van der Waals surface area contributed by atoms with Crippen molar-refractivity contribution >= 4 is 69.2 Å². The molecule has 0 unspecified atom stereocenters. The van der Waals surface area contributed by atoms with Crippen molar-refractivity contribution in [2.75, 3.05) is 81.7 Å². The average molecular weight is 1720 g/mol. The Balaban J connectivity index is 0.000000192. The Kier molecular flexibility index (Phi) is 28.6. The summed E-state index contributed by atoms with van der Waals surface area (Å²) in [6, 6.07) is 57.7. The predicted octanol–water partition coefficient (Wildman–Crippen LogP) is 14.7. The number of nitrogens with one attached hydrogen (secondary N) is 7. The number of likely N-dealkylation sites (N-methyl/N-ethyl adjacent to an activating group) is 2. The second kappa shape index (κ2) is 40.6. The SMILES string of the molecule is CN(C)CC(=O)O.COC(=O)N[C@H](C(=O)N1CCC[C@H]1c1ncc(-c2ccc3cc(-c4ccc(-c5cnc([C@@H]6CCCN6C(=O)[C@H](N)c6ccccc6)[nH]5)cc4)ccc3c2)[nH]1)C(C)C.COC(=O)N[C@H](C(=O)N1CCC[C@H]1c1ncc(-c2ccc3cc(-c4ccc(-c5cnc([C@@H]6CCCN6C(=O)[C@H](NC(=O)CN(C)C)c6ccccc6)[nH]5)cc4)ccc3c2)[nH]1)C(C)C. The number of imidazole rings is 4. The van der Waals surface area contributed by atoms with Crippen LogP contribution in [0.15, 0.2) is 207 Å². The fourth-order valence-corrected chi connectivity index (χ4v) is 17.3. The van der Waals surface area contributed by atoms with Crippen LogP contribution < -0.4 is 21.7 Å². The molecular weight excluding hydrogens is 1610 g/mol. The molecule has 4 aromatic heterocycles. The van der Waals surface area contributed by atoms with Crippen molar-refractivity contribution in [3.05, 3.63) is 241 Å². The normalized spacial score (nSPS) is 17.2. The fraction of sp³-hybridized carbons (Fsp3) is 0.347. The molecular formula is C98H112N18O11. The minimum absolute atomic E-state index is 0.0816. The number of carboxylic acids is 1. The molecule has 29 nitrogen and oxygen atoms in total. The number of carboxylic acid groups (broad SMARTS) is 1. The van der Waals surface area contributed by atoms with Gasteiger partial charge in [-0.2, -0.15) is 0 Å². The van der Waals surface area contributed by atoms with Crippen LogP contribution in [0.3, 0.4) is 0 Å². The van der Waals surface area contributed by atoms with E-state index in [-0.39, 0.29) is 78.6 Å². The number of methoxy groups -OCH3 is 2. The van der Waals surface area contributed by atoms with E-state index in [0.29, 0.717) is 26.2 Å². The monoisotopic (exact) mass is 1720 g/mol. The Morgan fingerprint density at radius 2 is 0.709 bits per heavy atom. The molecule has 29 heteroatoms. The zero-order valence-electron chi connectivity index (χ0n) is 73.4. The summed E-state index contributed by atoms with van der Waals surface area (Å²) in [5.41, 5.74) is 19.8. The Morgan fingerprint density at radius 3 is 1.04 bits per heavy atom. The molecule has 0 bridgehead atoms. The number of amides is 7. The number of hydrogen-bond donors (Lipinski definition) is 9. The number of fused-ring (bicyclic) bond motifs is 2. The number of benzene rings is 8. The highest BCUT2D eigenvalue weighted by atomic mass is 16.5. The lowest BCUT2D eigenvalue weighted by atomic mass is 9.98. The molecule has 8 atom stereocenters. The zero-order valence-corrected chi connectivity index (χ0v) is 73.4. The number of hydrogen-bond acceptors (Lipinski definition) is 17. The summed E-state index contributed by atoms with van der Waals surface area (Å²) in [6.45, 7) is 10.4. The van der Waals surface area contributed by atoms with Crippen LogP contribution in [0.2, 0.25) is 0 Å². The molecule has 660 valence electrons. The van der Waals surface area contributed by atoms with Gasteiger partial charge in [0.05, 0.1) is 99.0 Å². The van der Waals surface area contributed by atoms with E-state index in [0.717, 1.165) is 175 Å². The van der Waals surface area contributed by atoms with Crippen LogP contribution in [0.5, 0.6) is 0 Å². The quantitative estimate of drug-likeness (QED) is 0.0257. The molecule has 4 fully saturated rings. The minimum Gasteiger partial charge on any atom is -0.480 e. The van der Waals surface area contributed by atoms with Crippen LogP contribution in [0.4, 0.5) is 9.59 Å². The van der Waals surface area contributed by atoms with Crippen molar-refractivity contribution in [2.45, 2.75) is 127 Å². The lowest BCUT2D eigenvalue weighted by Crippen LogP contribution is -2.51. The molecule has 7 amide bonds. The van der Waals surface area contributed by atoms with Crippen LogP contribution in [0.1, 0.15) is 150 Å². The maximum atomic E-state index is 14.1. The number of carbonyl (C=O) groups is 8. The van der Waals surface area contributed by atoms with E-state index in [1.165, 1.54) is 14.2 Å². The van der Waals surface area contributed by atoms with Crippen molar-refractivity contribution in [3.63, 3.8) is 0 Å². The molecule has 127 heavy (non-hydrogen) atoms. The summed E-state index contributed by atoms with van der Waals surface area (Å²) in [5, 5.41) is 20.8. The Hall–Kier alpha value is -13.6. The van der Waals surface area contributed by atoms with Crippen LogP contribution in [0.25, 0.3) is 88.8 Å². The first-order valence-electron chi connectivity index (χ1n) is 43.3. The molecule has 0 radical (unpaired) electrons. The topological polar surface area (TPSA) is 372 Å². The number of rotatable bonds is 25. The summed E-state index contributed by atoms with van der Waals surface area (Å²) >= 11 is 0. The van der Waals surface area contributed by atoms with Gasteiger partial charge in [-0.3, -0.25) is 33.7 Å². The number of aromatic amines is 4. The van der Waals surface area contributed by atoms with Gasteiger partial charge in [0, 0.05) is 37.3 Å². The number of nitrogens with two attached hydrogens (primary N) is 1. The van der Waals surface area contributed by atoms with Crippen LogP contribution >= 0.6 is 0 Å².